The highest BCUT2D eigenvalue weighted by molar-refractivity contribution is 9.10. The van der Waals surface area contributed by atoms with E-state index in [2.05, 4.69) is 93.5 Å². The lowest BCUT2D eigenvalue weighted by Gasteiger charge is -2.21. The van der Waals surface area contributed by atoms with E-state index in [9.17, 15) is 0 Å². The monoisotopic (exact) mass is 409 g/mol. The molecule has 1 atom stereocenters. The zero-order valence-corrected chi connectivity index (χ0v) is 15.7. The molecule has 0 saturated carbocycles. The minimum Gasteiger partial charge on any atom is -0.310 e. The van der Waals surface area contributed by atoms with Crippen molar-refractivity contribution < 1.29 is 0 Å². The van der Waals surface area contributed by atoms with Crippen molar-refractivity contribution in [3.8, 4) is 0 Å². The molecule has 0 bridgehead atoms. The van der Waals surface area contributed by atoms with Crippen molar-refractivity contribution in [3.63, 3.8) is 0 Å². The molecule has 0 amide bonds. The summed E-state index contributed by atoms with van der Waals surface area (Å²) in [4.78, 5) is 0. The van der Waals surface area contributed by atoms with Gasteiger partial charge in [0.05, 0.1) is 0 Å². The molecule has 0 radical (unpaired) electrons. The Morgan fingerprint density at radius 2 is 1.86 bits per heavy atom. The number of rotatable bonds is 6. The van der Waals surface area contributed by atoms with Gasteiger partial charge in [0.25, 0.3) is 0 Å². The first-order valence-corrected chi connectivity index (χ1v) is 8.92. The Bertz CT molecular complexity index is 575. The highest BCUT2D eigenvalue weighted by atomic mass is 79.9. The lowest BCUT2D eigenvalue weighted by Crippen LogP contribution is -2.24. The third kappa shape index (κ3) is 4.94. The van der Waals surface area contributed by atoms with Crippen LogP contribution in [-0.2, 0) is 6.42 Å². The second-order valence-corrected chi connectivity index (χ2v) is 7.13. The lowest BCUT2D eigenvalue weighted by atomic mass is 9.97. The van der Waals surface area contributed by atoms with Gasteiger partial charge in [-0.25, -0.2) is 0 Å². The molecule has 2 aromatic rings. The van der Waals surface area contributed by atoms with Gasteiger partial charge in [0.15, 0.2) is 0 Å². The van der Waals surface area contributed by atoms with Crippen molar-refractivity contribution in [2.45, 2.75) is 32.7 Å². The number of benzene rings is 2. The van der Waals surface area contributed by atoms with E-state index in [0.717, 1.165) is 23.9 Å². The normalized spacial score (nSPS) is 12.4. The van der Waals surface area contributed by atoms with E-state index in [1.165, 1.54) is 21.2 Å². The molecule has 112 valence electrons. The van der Waals surface area contributed by atoms with Gasteiger partial charge in [-0.2, -0.15) is 0 Å². The number of hydrogen-bond donors (Lipinski definition) is 1. The van der Waals surface area contributed by atoms with E-state index in [-0.39, 0.29) is 0 Å². The predicted octanol–water partition coefficient (Wildman–Crippen LogP) is 5.80. The molecule has 0 aliphatic heterocycles. The summed E-state index contributed by atoms with van der Waals surface area (Å²) in [5, 5.41) is 3.67. The van der Waals surface area contributed by atoms with Crippen LogP contribution < -0.4 is 5.32 Å². The molecule has 3 heteroatoms. The summed E-state index contributed by atoms with van der Waals surface area (Å²) in [6, 6.07) is 15.4. The Balaban J connectivity index is 2.27. The van der Waals surface area contributed by atoms with E-state index in [1.54, 1.807) is 0 Å². The fraction of sp³-hybridized carbons (Fsp3) is 0.333. The molecular formula is C18H21Br2N. The van der Waals surface area contributed by atoms with Crippen molar-refractivity contribution in [3.05, 3.63) is 68.1 Å². The maximum Gasteiger partial charge on any atom is 0.0361 e. The molecule has 0 fully saturated rings. The van der Waals surface area contributed by atoms with Crippen molar-refractivity contribution >= 4 is 31.9 Å². The van der Waals surface area contributed by atoms with Crippen LogP contribution in [0.5, 0.6) is 0 Å². The topological polar surface area (TPSA) is 12.0 Å². The van der Waals surface area contributed by atoms with Crippen LogP contribution in [0.25, 0.3) is 0 Å². The van der Waals surface area contributed by atoms with Gasteiger partial charge >= 0.3 is 0 Å². The molecular weight excluding hydrogens is 390 g/mol. The first-order chi connectivity index (χ1) is 10.1. The van der Waals surface area contributed by atoms with Gasteiger partial charge in [-0.05, 0) is 61.2 Å². The summed E-state index contributed by atoms with van der Waals surface area (Å²) in [7, 11) is 0. The predicted molar refractivity (Wildman–Crippen MR) is 97.8 cm³/mol. The highest BCUT2D eigenvalue weighted by Crippen LogP contribution is 2.26. The molecule has 1 nitrogen and oxygen atoms in total. The zero-order chi connectivity index (χ0) is 15.2. The van der Waals surface area contributed by atoms with Crippen LogP contribution in [0.4, 0.5) is 0 Å². The zero-order valence-electron chi connectivity index (χ0n) is 12.5. The molecule has 0 aliphatic carbocycles. The molecule has 1 unspecified atom stereocenters. The van der Waals surface area contributed by atoms with Gasteiger partial charge in [0.1, 0.15) is 0 Å². The van der Waals surface area contributed by atoms with E-state index in [1.807, 2.05) is 0 Å². The standard InChI is InChI=1S/C18H21Br2N/c1-3-8-21-18(12-14-6-4-5-7-17(14)20)15-9-13(2)10-16(19)11-15/h4-7,9-11,18,21H,3,8,12H2,1-2H3. The minimum absolute atomic E-state index is 0.333. The number of hydrogen-bond acceptors (Lipinski definition) is 1. The Kier molecular flexibility index (Phi) is 6.46. The van der Waals surface area contributed by atoms with Gasteiger partial charge in [0.2, 0.25) is 0 Å². The van der Waals surface area contributed by atoms with Gasteiger partial charge in [-0.1, -0.05) is 63.0 Å². The molecule has 0 spiro atoms. The molecule has 0 heterocycles. The Labute approximate surface area is 144 Å². The molecule has 0 aliphatic rings. The highest BCUT2D eigenvalue weighted by Gasteiger charge is 2.14. The van der Waals surface area contributed by atoms with Crippen molar-refractivity contribution in [1.82, 2.24) is 5.32 Å². The lowest BCUT2D eigenvalue weighted by molar-refractivity contribution is 0.528. The second kappa shape index (κ2) is 8.11. The Morgan fingerprint density at radius 1 is 1.10 bits per heavy atom. The molecule has 0 saturated heterocycles. The smallest absolute Gasteiger partial charge is 0.0361 e. The first-order valence-electron chi connectivity index (χ1n) is 7.34. The SMILES string of the molecule is CCCNC(Cc1ccccc1Br)c1cc(C)cc(Br)c1. The summed E-state index contributed by atoms with van der Waals surface area (Å²) in [5.74, 6) is 0. The molecule has 0 aromatic heterocycles. The fourth-order valence-electron chi connectivity index (χ4n) is 2.48. The second-order valence-electron chi connectivity index (χ2n) is 5.36. The van der Waals surface area contributed by atoms with Gasteiger partial charge in [0, 0.05) is 15.0 Å². The average molecular weight is 411 g/mol. The molecule has 2 aromatic carbocycles. The molecule has 2 rings (SSSR count). The molecule has 1 N–H and O–H groups in total. The third-order valence-corrected chi connectivity index (χ3v) is 4.72. The summed E-state index contributed by atoms with van der Waals surface area (Å²) in [5.41, 5.74) is 3.96. The first kappa shape index (κ1) is 16.7. The van der Waals surface area contributed by atoms with E-state index < -0.39 is 0 Å². The summed E-state index contributed by atoms with van der Waals surface area (Å²) in [6.07, 6.45) is 2.12. The van der Waals surface area contributed by atoms with Crippen molar-refractivity contribution in [1.29, 1.82) is 0 Å². The quantitative estimate of drug-likeness (QED) is 0.634. The summed E-state index contributed by atoms with van der Waals surface area (Å²) >= 11 is 7.27. The van der Waals surface area contributed by atoms with Crippen LogP contribution in [0.15, 0.2) is 51.4 Å². The minimum atomic E-state index is 0.333. The number of nitrogens with one attached hydrogen (secondary N) is 1. The largest absolute Gasteiger partial charge is 0.310 e. The van der Waals surface area contributed by atoms with Crippen LogP contribution in [0.2, 0.25) is 0 Å². The van der Waals surface area contributed by atoms with Crippen LogP contribution in [0, 0.1) is 6.92 Å². The van der Waals surface area contributed by atoms with Crippen molar-refractivity contribution in [2.24, 2.45) is 0 Å². The maximum atomic E-state index is 3.67. The van der Waals surface area contributed by atoms with Gasteiger partial charge < -0.3 is 5.32 Å². The fourth-order valence-corrected chi connectivity index (χ4v) is 3.55. The van der Waals surface area contributed by atoms with Crippen LogP contribution in [-0.4, -0.2) is 6.54 Å². The van der Waals surface area contributed by atoms with Gasteiger partial charge in [-0.3, -0.25) is 0 Å². The van der Waals surface area contributed by atoms with E-state index >= 15 is 0 Å². The summed E-state index contributed by atoms with van der Waals surface area (Å²) in [6.45, 7) is 5.37. The maximum absolute atomic E-state index is 3.67. The number of halogens is 2. The van der Waals surface area contributed by atoms with Crippen LogP contribution in [0.3, 0.4) is 0 Å². The van der Waals surface area contributed by atoms with Gasteiger partial charge in [-0.15, -0.1) is 0 Å². The average Bonchev–Trinajstić information content (AvgIpc) is 2.44. The Hall–Kier alpha value is -0.640. The third-order valence-electron chi connectivity index (χ3n) is 3.49. The van der Waals surface area contributed by atoms with E-state index in [4.69, 9.17) is 0 Å². The van der Waals surface area contributed by atoms with Crippen molar-refractivity contribution in [2.75, 3.05) is 6.54 Å². The number of aryl methyl sites for hydroxylation is 1. The van der Waals surface area contributed by atoms with Crippen LogP contribution >= 0.6 is 31.9 Å². The van der Waals surface area contributed by atoms with Crippen LogP contribution in [0.1, 0.15) is 36.1 Å². The Morgan fingerprint density at radius 3 is 2.52 bits per heavy atom. The molecule has 21 heavy (non-hydrogen) atoms. The van der Waals surface area contributed by atoms with E-state index in [0.29, 0.717) is 6.04 Å². The summed E-state index contributed by atoms with van der Waals surface area (Å²) < 4.78 is 2.33.